The smallest absolute Gasteiger partial charge is 0.313 e. The molecule has 0 saturated heterocycles. The molecule has 2 aromatic carbocycles. The average Bonchev–Trinajstić information content (AvgIpc) is 2.65. The maximum Gasteiger partial charge on any atom is 0.313 e. The molecule has 0 saturated carbocycles. The molecule has 142 valence electrons. The highest BCUT2D eigenvalue weighted by Crippen LogP contribution is 2.30. The van der Waals surface area contributed by atoms with Crippen LogP contribution in [-0.2, 0) is 20.7 Å². The largest absolute Gasteiger partial charge is 0.492 e. The van der Waals surface area contributed by atoms with Gasteiger partial charge >= 0.3 is 5.97 Å². The van der Waals surface area contributed by atoms with Gasteiger partial charge in [0.25, 0.3) is 5.91 Å². The number of nitrogens with one attached hydrogen (secondary N) is 1. The second-order valence-electron chi connectivity index (χ2n) is 6.86. The van der Waals surface area contributed by atoms with Crippen LogP contribution in [0.25, 0.3) is 0 Å². The predicted molar refractivity (Wildman–Crippen MR) is 104 cm³/mol. The Balaban J connectivity index is 1.54. The molecule has 1 aliphatic rings. The third-order valence-electron chi connectivity index (χ3n) is 4.46. The number of fused-ring (bicyclic) bond motifs is 1. The van der Waals surface area contributed by atoms with Crippen LogP contribution in [0.4, 0.5) is 5.69 Å². The number of carbonyl (C=O) groups excluding carboxylic acids is 2. The lowest BCUT2D eigenvalue weighted by molar-refractivity contribution is -0.152. The number of amides is 1. The van der Waals surface area contributed by atoms with Gasteiger partial charge in [-0.3, -0.25) is 9.59 Å². The molecule has 3 rings (SSSR count). The summed E-state index contributed by atoms with van der Waals surface area (Å²) in [6.07, 6.45) is 0.479. The van der Waals surface area contributed by atoms with E-state index < -0.39 is 11.9 Å². The van der Waals surface area contributed by atoms with Crippen molar-refractivity contribution in [3.8, 4) is 5.75 Å². The summed E-state index contributed by atoms with van der Waals surface area (Å²) in [7, 11) is 0. The van der Waals surface area contributed by atoms with Crippen LogP contribution in [0.3, 0.4) is 0 Å². The zero-order valence-corrected chi connectivity index (χ0v) is 16.1. The molecule has 1 atom stereocenters. The minimum absolute atomic E-state index is 0.227. The highest BCUT2D eigenvalue weighted by molar-refractivity contribution is 6.30. The van der Waals surface area contributed by atoms with Gasteiger partial charge in [-0.05, 0) is 47.7 Å². The SMILES string of the molecule is CC(C)c1ccccc1NC(=O)COC(=O)[C@H]1COc2ccc(Cl)cc2C1. The summed E-state index contributed by atoms with van der Waals surface area (Å²) < 4.78 is 10.8. The molecular formula is C21H22ClNO4. The first-order valence-corrected chi connectivity index (χ1v) is 9.28. The van der Waals surface area contributed by atoms with Crippen LogP contribution in [0.1, 0.15) is 30.9 Å². The Kier molecular flexibility index (Phi) is 6.01. The normalized spacial score (nSPS) is 15.6. The molecule has 2 aromatic rings. The third-order valence-corrected chi connectivity index (χ3v) is 4.70. The van der Waals surface area contributed by atoms with E-state index in [4.69, 9.17) is 21.1 Å². The highest BCUT2D eigenvalue weighted by Gasteiger charge is 2.28. The number of halogens is 1. The Hall–Kier alpha value is -2.53. The van der Waals surface area contributed by atoms with Crippen LogP contribution >= 0.6 is 11.6 Å². The maximum atomic E-state index is 12.3. The van der Waals surface area contributed by atoms with Gasteiger partial charge in [0.05, 0.1) is 5.92 Å². The predicted octanol–water partition coefficient (Wildman–Crippen LogP) is 4.20. The van der Waals surface area contributed by atoms with E-state index in [2.05, 4.69) is 19.2 Å². The van der Waals surface area contributed by atoms with E-state index in [-0.39, 0.29) is 25.0 Å². The van der Waals surface area contributed by atoms with Gasteiger partial charge in [0.15, 0.2) is 6.61 Å². The number of anilines is 1. The second-order valence-corrected chi connectivity index (χ2v) is 7.30. The Morgan fingerprint density at radius 2 is 2.04 bits per heavy atom. The van der Waals surface area contributed by atoms with Crippen molar-refractivity contribution in [2.24, 2.45) is 5.92 Å². The first kappa shape index (κ1) is 19.2. The molecule has 6 heteroatoms. The fraction of sp³-hybridized carbons (Fsp3) is 0.333. The van der Waals surface area contributed by atoms with Crippen molar-refractivity contribution < 1.29 is 19.1 Å². The van der Waals surface area contributed by atoms with Gasteiger partial charge in [-0.2, -0.15) is 0 Å². The molecule has 1 N–H and O–H groups in total. The highest BCUT2D eigenvalue weighted by atomic mass is 35.5. The number of esters is 1. The molecule has 5 nitrogen and oxygen atoms in total. The summed E-state index contributed by atoms with van der Waals surface area (Å²) in [5.74, 6) is -0.266. The molecule has 27 heavy (non-hydrogen) atoms. The van der Waals surface area contributed by atoms with Crippen molar-refractivity contribution in [1.29, 1.82) is 0 Å². The number of rotatable bonds is 5. The molecule has 0 unspecified atom stereocenters. The molecular weight excluding hydrogens is 366 g/mol. The molecule has 0 radical (unpaired) electrons. The number of hydrogen-bond donors (Lipinski definition) is 1. The number of carbonyl (C=O) groups is 2. The quantitative estimate of drug-likeness (QED) is 0.781. The first-order chi connectivity index (χ1) is 12.9. The molecule has 1 heterocycles. The zero-order chi connectivity index (χ0) is 19.4. The molecule has 0 aromatic heterocycles. The monoisotopic (exact) mass is 387 g/mol. The number of ether oxygens (including phenoxy) is 2. The van der Waals surface area contributed by atoms with Crippen molar-refractivity contribution in [3.05, 3.63) is 58.6 Å². The average molecular weight is 388 g/mol. The molecule has 1 amide bonds. The fourth-order valence-corrected chi connectivity index (χ4v) is 3.26. The van der Waals surface area contributed by atoms with E-state index in [1.54, 1.807) is 18.2 Å². The van der Waals surface area contributed by atoms with Gasteiger partial charge in [-0.25, -0.2) is 0 Å². The van der Waals surface area contributed by atoms with Crippen LogP contribution < -0.4 is 10.1 Å². The van der Waals surface area contributed by atoms with Crippen LogP contribution in [-0.4, -0.2) is 25.1 Å². The lowest BCUT2D eigenvalue weighted by Gasteiger charge is -2.24. The van der Waals surface area contributed by atoms with E-state index in [1.165, 1.54) is 0 Å². The second kappa shape index (κ2) is 8.44. The van der Waals surface area contributed by atoms with Crippen LogP contribution in [0.2, 0.25) is 5.02 Å². The standard InChI is InChI=1S/C21H22ClNO4/c1-13(2)17-5-3-4-6-18(17)23-20(24)12-27-21(25)15-9-14-10-16(22)7-8-19(14)26-11-15/h3-8,10,13,15H,9,11-12H2,1-2H3,(H,23,24)/t15-/m1/s1. The van der Waals surface area contributed by atoms with E-state index >= 15 is 0 Å². The van der Waals surface area contributed by atoms with Crippen molar-refractivity contribution >= 4 is 29.2 Å². The van der Waals surface area contributed by atoms with Gasteiger partial charge in [0.2, 0.25) is 0 Å². The molecule has 0 spiro atoms. The Morgan fingerprint density at radius 3 is 2.81 bits per heavy atom. The summed E-state index contributed by atoms with van der Waals surface area (Å²) in [6, 6.07) is 12.9. The van der Waals surface area contributed by atoms with E-state index in [1.807, 2.05) is 24.3 Å². The summed E-state index contributed by atoms with van der Waals surface area (Å²) in [5.41, 5.74) is 2.63. The van der Waals surface area contributed by atoms with E-state index in [9.17, 15) is 9.59 Å². The van der Waals surface area contributed by atoms with Gasteiger partial charge in [0.1, 0.15) is 12.4 Å². The van der Waals surface area contributed by atoms with Gasteiger partial charge in [0, 0.05) is 10.7 Å². The van der Waals surface area contributed by atoms with E-state index in [0.717, 1.165) is 22.6 Å². The fourth-order valence-electron chi connectivity index (χ4n) is 3.07. The van der Waals surface area contributed by atoms with Gasteiger partial charge in [-0.1, -0.05) is 43.6 Å². The topological polar surface area (TPSA) is 64.6 Å². The van der Waals surface area contributed by atoms with Crippen LogP contribution in [0.15, 0.2) is 42.5 Å². The van der Waals surface area contributed by atoms with E-state index in [0.29, 0.717) is 11.4 Å². The Morgan fingerprint density at radius 1 is 1.26 bits per heavy atom. The lowest BCUT2D eigenvalue weighted by atomic mass is 9.97. The van der Waals surface area contributed by atoms with Crippen molar-refractivity contribution in [3.63, 3.8) is 0 Å². The van der Waals surface area contributed by atoms with Crippen LogP contribution in [0, 0.1) is 5.92 Å². The summed E-state index contributed by atoms with van der Waals surface area (Å²) in [6.45, 7) is 4.01. The molecule has 0 fully saturated rings. The van der Waals surface area contributed by atoms with Crippen molar-refractivity contribution in [2.45, 2.75) is 26.2 Å². The minimum Gasteiger partial charge on any atom is -0.492 e. The maximum absolute atomic E-state index is 12.3. The number of para-hydroxylation sites is 1. The number of hydrogen-bond acceptors (Lipinski definition) is 4. The number of benzene rings is 2. The van der Waals surface area contributed by atoms with Gasteiger partial charge < -0.3 is 14.8 Å². The van der Waals surface area contributed by atoms with Crippen LogP contribution in [0.5, 0.6) is 5.75 Å². The zero-order valence-electron chi connectivity index (χ0n) is 15.3. The molecule has 0 bridgehead atoms. The Labute approximate surface area is 163 Å². The summed E-state index contributed by atoms with van der Waals surface area (Å²) in [4.78, 5) is 24.5. The van der Waals surface area contributed by atoms with Crippen molar-refractivity contribution in [1.82, 2.24) is 0 Å². The minimum atomic E-state index is -0.452. The lowest BCUT2D eigenvalue weighted by Crippen LogP contribution is -2.32. The van der Waals surface area contributed by atoms with Crippen molar-refractivity contribution in [2.75, 3.05) is 18.5 Å². The molecule has 0 aliphatic carbocycles. The summed E-state index contributed by atoms with van der Waals surface area (Å²) in [5, 5.41) is 3.40. The van der Waals surface area contributed by atoms with Gasteiger partial charge in [-0.15, -0.1) is 0 Å². The third kappa shape index (κ3) is 4.80. The first-order valence-electron chi connectivity index (χ1n) is 8.90. The molecule has 1 aliphatic heterocycles. The summed E-state index contributed by atoms with van der Waals surface area (Å²) >= 11 is 5.99. The Bertz CT molecular complexity index is 850.